The first kappa shape index (κ1) is 23.7. The van der Waals surface area contributed by atoms with Gasteiger partial charge in [-0.05, 0) is 49.8 Å². The number of carbonyl (C=O) groups excluding carboxylic acids is 1. The molecule has 1 saturated heterocycles. The second-order valence-electron chi connectivity index (χ2n) is 9.16. The van der Waals surface area contributed by atoms with Gasteiger partial charge in [0.25, 0.3) is 5.91 Å². The number of amides is 1. The Balaban J connectivity index is 1.31. The molecule has 0 N–H and O–H groups in total. The van der Waals surface area contributed by atoms with Gasteiger partial charge >= 0.3 is 6.18 Å². The van der Waals surface area contributed by atoms with E-state index in [1.807, 2.05) is 41.4 Å². The van der Waals surface area contributed by atoms with Gasteiger partial charge in [0.05, 0.1) is 11.3 Å². The molecule has 0 atom stereocenters. The highest BCUT2D eigenvalue weighted by Gasteiger charge is 2.43. The van der Waals surface area contributed by atoms with E-state index in [1.54, 1.807) is 11.6 Å². The number of ether oxygens (including phenoxy) is 1. The summed E-state index contributed by atoms with van der Waals surface area (Å²) in [5.41, 5.74) is 1.16. The van der Waals surface area contributed by atoms with Crippen LogP contribution in [0.4, 0.5) is 13.2 Å². The molecule has 1 aromatic carbocycles. The average molecular weight is 488 g/mol. The molecule has 6 nitrogen and oxygen atoms in total. The predicted molar refractivity (Wildman–Crippen MR) is 123 cm³/mol. The summed E-state index contributed by atoms with van der Waals surface area (Å²) < 4.78 is 54.7. The Hall–Kier alpha value is -3.07. The molecule has 1 amide bonds. The molecule has 2 aliphatic rings. The first-order valence-electron chi connectivity index (χ1n) is 12.1. The monoisotopic (exact) mass is 487 g/mol. The minimum atomic E-state index is -4.56. The third kappa shape index (κ3) is 4.74. The van der Waals surface area contributed by atoms with Crippen molar-refractivity contribution in [3.63, 3.8) is 0 Å². The zero-order chi connectivity index (χ0) is 24.6. The Kier molecular flexibility index (Phi) is 6.44. The van der Waals surface area contributed by atoms with Gasteiger partial charge in [0.15, 0.2) is 0 Å². The average Bonchev–Trinajstić information content (AvgIpc) is 3.43. The van der Waals surface area contributed by atoms with Crippen molar-refractivity contribution in [1.29, 1.82) is 0 Å². The van der Waals surface area contributed by atoms with Crippen molar-refractivity contribution < 1.29 is 27.1 Å². The van der Waals surface area contributed by atoms with Crippen molar-refractivity contribution >= 4 is 5.91 Å². The number of aromatic nitrogens is 2. The maximum Gasteiger partial charge on any atom is 0.420 e. The second kappa shape index (κ2) is 9.53. The summed E-state index contributed by atoms with van der Waals surface area (Å²) in [6.07, 6.45) is -0.0393. The van der Waals surface area contributed by atoms with E-state index in [4.69, 9.17) is 9.15 Å². The molecule has 186 valence electrons. The number of aryl methyl sites for hydroxylation is 2. The number of alkyl halides is 3. The van der Waals surface area contributed by atoms with Crippen LogP contribution < -0.4 is 0 Å². The van der Waals surface area contributed by atoms with E-state index in [0.717, 1.165) is 18.4 Å². The van der Waals surface area contributed by atoms with Gasteiger partial charge < -0.3 is 14.1 Å². The highest BCUT2D eigenvalue weighted by atomic mass is 19.4. The molecule has 2 aromatic heterocycles. The summed E-state index contributed by atoms with van der Waals surface area (Å²) in [4.78, 5) is 14.6. The smallest absolute Gasteiger partial charge is 0.420 e. The minimum Gasteiger partial charge on any atom is -0.462 e. The zero-order valence-electron chi connectivity index (χ0n) is 19.6. The molecule has 0 spiro atoms. The lowest BCUT2D eigenvalue weighted by molar-refractivity contribution is -0.139. The van der Waals surface area contributed by atoms with Crippen molar-refractivity contribution in [1.82, 2.24) is 14.7 Å². The number of benzene rings is 1. The number of fused-ring (bicyclic) bond motifs is 3. The molecule has 9 heteroatoms. The lowest BCUT2D eigenvalue weighted by atomic mass is 9.93. The Bertz CT molecular complexity index is 1190. The Labute approximate surface area is 201 Å². The Morgan fingerprint density at radius 2 is 1.91 bits per heavy atom. The SMILES string of the molecule is CCOCc1oc2c(c1C(F)(F)F)-c1nn(CC3CCN(C(=O)c4ccccc4)CC3)cc1CC2. The molecule has 3 heterocycles. The van der Waals surface area contributed by atoms with Crippen molar-refractivity contribution in [3.05, 3.63) is 64.7 Å². The number of halogens is 3. The van der Waals surface area contributed by atoms with Crippen LogP contribution in [-0.2, 0) is 36.9 Å². The number of likely N-dealkylation sites (tertiary alicyclic amines) is 1. The predicted octanol–water partition coefficient (Wildman–Crippen LogP) is 5.35. The van der Waals surface area contributed by atoms with E-state index in [-0.39, 0.29) is 23.8 Å². The molecule has 1 aliphatic carbocycles. The van der Waals surface area contributed by atoms with Crippen LogP contribution in [0.25, 0.3) is 11.3 Å². The maximum absolute atomic E-state index is 14.0. The second-order valence-corrected chi connectivity index (χ2v) is 9.16. The molecule has 5 rings (SSSR count). The van der Waals surface area contributed by atoms with Gasteiger partial charge in [-0.15, -0.1) is 0 Å². The third-order valence-electron chi connectivity index (χ3n) is 6.84. The topological polar surface area (TPSA) is 60.5 Å². The van der Waals surface area contributed by atoms with Crippen LogP contribution in [0.5, 0.6) is 0 Å². The highest BCUT2D eigenvalue weighted by molar-refractivity contribution is 5.94. The molecular weight excluding hydrogens is 459 g/mol. The number of hydrogen-bond donors (Lipinski definition) is 0. The van der Waals surface area contributed by atoms with Crippen LogP contribution in [0, 0.1) is 5.92 Å². The number of hydrogen-bond acceptors (Lipinski definition) is 4. The molecular formula is C26H28F3N3O3. The number of furan rings is 1. The van der Waals surface area contributed by atoms with Gasteiger partial charge in [0.2, 0.25) is 0 Å². The molecule has 1 aliphatic heterocycles. The molecule has 0 saturated carbocycles. The largest absolute Gasteiger partial charge is 0.462 e. The van der Waals surface area contributed by atoms with E-state index in [2.05, 4.69) is 5.10 Å². The molecule has 35 heavy (non-hydrogen) atoms. The summed E-state index contributed by atoms with van der Waals surface area (Å²) in [6.45, 7) is 3.75. The summed E-state index contributed by atoms with van der Waals surface area (Å²) in [6, 6.07) is 9.24. The number of rotatable bonds is 6. The van der Waals surface area contributed by atoms with Gasteiger partial charge in [-0.1, -0.05) is 18.2 Å². The zero-order valence-corrected chi connectivity index (χ0v) is 19.6. The molecule has 0 bridgehead atoms. The molecule has 0 unspecified atom stereocenters. The van der Waals surface area contributed by atoms with Crippen LogP contribution in [0.2, 0.25) is 0 Å². The molecule has 3 aromatic rings. The summed E-state index contributed by atoms with van der Waals surface area (Å²) in [5.74, 6) is 0.490. The lowest BCUT2D eigenvalue weighted by Crippen LogP contribution is -2.39. The fourth-order valence-corrected chi connectivity index (χ4v) is 5.10. The van der Waals surface area contributed by atoms with Crippen molar-refractivity contribution in [3.8, 4) is 11.3 Å². The molecule has 0 radical (unpaired) electrons. The third-order valence-corrected chi connectivity index (χ3v) is 6.84. The van der Waals surface area contributed by atoms with Gasteiger partial charge in [-0.3, -0.25) is 9.48 Å². The van der Waals surface area contributed by atoms with Gasteiger partial charge in [0, 0.05) is 44.4 Å². The first-order valence-corrected chi connectivity index (χ1v) is 12.1. The quantitative estimate of drug-likeness (QED) is 0.470. The van der Waals surface area contributed by atoms with Crippen molar-refractivity contribution in [2.45, 2.75) is 51.9 Å². The minimum absolute atomic E-state index is 0.0358. The van der Waals surface area contributed by atoms with Gasteiger partial charge in [0.1, 0.15) is 23.7 Å². The molecule has 1 fully saturated rings. The van der Waals surface area contributed by atoms with Crippen LogP contribution in [0.1, 0.15) is 52.8 Å². The van der Waals surface area contributed by atoms with Crippen LogP contribution in [-0.4, -0.2) is 40.3 Å². The standard InChI is InChI=1S/C26H28F3N3O3/c1-2-34-16-21-23(26(27,28)29)22-20(35-21)9-8-19-15-32(30-24(19)22)14-17-10-12-31(13-11-17)25(33)18-6-4-3-5-7-18/h3-7,15,17H,2,8-14,16H2,1H3. The van der Waals surface area contributed by atoms with Gasteiger partial charge in [-0.2, -0.15) is 18.3 Å². The van der Waals surface area contributed by atoms with E-state index in [9.17, 15) is 18.0 Å². The van der Waals surface area contributed by atoms with Crippen molar-refractivity contribution in [2.24, 2.45) is 5.92 Å². The Morgan fingerprint density at radius 3 is 2.60 bits per heavy atom. The summed E-state index contributed by atoms with van der Waals surface area (Å²) in [7, 11) is 0. The van der Waals surface area contributed by atoms with Crippen LogP contribution in [0.3, 0.4) is 0 Å². The van der Waals surface area contributed by atoms with Crippen LogP contribution in [0.15, 0.2) is 40.9 Å². The fraction of sp³-hybridized carbons (Fsp3) is 0.462. The normalized spacial score (nSPS) is 16.3. The van der Waals surface area contributed by atoms with Crippen molar-refractivity contribution in [2.75, 3.05) is 19.7 Å². The summed E-state index contributed by atoms with van der Waals surface area (Å²) >= 11 is 0. The highest BCUT2D eigenvalue weighted by Crippen LogP contribution is 2.46. The van der Waals surface area contributed by atoms with Gasteiger partial charge in [-0.25, -0.2) is 0 Å². The van der Waals surface area contributed by atoms with E-state index in [1.165, 1.54) is 0 Å². The first-order chi connectivity index (χ1) is 16.8. The van der Waals surface area contributed by atoms with E-state index < -0.39 is 11.7 Å². The maximum atomic E-state index is 14.0. The number of nitrogens with zero attached hydrogens (tertiary/aromatic N) is 3. The lowest BCUT2D eigenvalue weighted by Gasteiger charge is -2.32. The number of piperidine rings is 1. The van der Waals surface area contributed by atoms with E-state index >= 15 is 0 Å². The summed E-state index contributed by atoms with van der Waals surface area (Å²) in [5, 5.41) is 4.59. The van der Waals surface area contributed by atoms with E-state index in [0.29, 0.717) is 62.0 Å². The Morgan fingerprint density at radius 1 is 1.17 bits per heavy atom. The fourth-order valence-electron chi connectivity index (χ4n) is 5.10. The number of carbonyl (C=O) groups is 1. The van der Waals surface area contributed by atoms with Crippen LogP contribution >= 0.6 is 0 Å².